The van der Waals surface area contributed by atoms with Crippen LogP contribution in [0.2, 0.25) is 0 Å². The zero-order valence-corrected chi connectivity index (χ0v) is 17.4. The number of amides is 4. The lowest BCUT2D eigenvalue weighted by molar-refractivity contribution is -0.123. The first kappa shape index (κ1) is 22.3. The zero-order valence-electron chi connectivity index (χ0n) is 17.4. The minimum atomic E-state index is -0.775. The Morgan fingerprint density at radius 3 is 2.34 bits per heavy atom. The lowest BCUT2D eigenvalue weighted by Crippen LogP contribution is -2.37. The summed E-state index contributed by atoms with van der Waals surface area (Å²) in [6.07, 6.45) is 1.39. The highest BCUT2D eigenvalue weighted by molar-refractivity contribution is 6.03. The van der Waals surface area contributed by atoms with Crippen LogP contribution in [0.15, 0.2) is 65.3 Å². The van der Waals surface area contributed by atoms with Crippen LogP contribution in [-0.2, 0) is 9.53 Å². The van der Waals surface area contributed by atoms with Gasteiger partial charge >= 0.3 is 12.0 Å². The molecule has 2 aromatic carbocycles. The van der Waals surface area contributed by atoms with Gasteiger partial charge in [0.2, 0.25) is 0 Å². The lowest BCUT2D eigenvalue weighted by atomic mass is 10.1. The second kappa shape index (κ2) is 10.1. The standard InChI is InChI=1S/C23H21N3O6/c1-14-5-10-18(15(2)12-14)25-23(30)26-20(27)13-32-22(29)16-6-8-17(9-7-16)24-21(28)19-4-3-11-31-19/h3-12H,13H2,1-2H3,(H,24,28)(H2,25,26,27,30). The average Bonchev–Trinajstić information content (AvgIpc) is 3.30. The van der Waals surface area contributed by atoms with Crippen LogP contribution in [0.25, 0.3) is 0 Å². The summed E-state index contributed by atoms with van der Waals surface area (Å²) < 4.78 is 9.93. The Kier molecular flexibility index (Phi) is 7.02. The maximum atomic E-state index is 12.1. The fourth-order valence-electron chi connectivity index (χ4n) is 2.77. The lowest BCUT2D eigenvalue weighted by Gasteiger charge is -2.10. The molecule has 0 saturated carbocycles. The van der Waals surface area contributed by atoms with Gasteiger partial charge in [0.25, 0.3) is 11.8 Å². The fraction of sp³-hybridized carbons (Fsp3) is 0.130. The van der Waals surface area contributed by atoms with Crippen LogP contribution >= 0.6 is 0 Å². The van der Waals surface area contributed by atoms with E-state index in [1.54, 1.807) is 12.1 Å². The summed E-state index contributed by atoms with van der Waals surface area (Å²) in [5.74, 6) is -1.80. The third-order valence-corrected chi connectivity index (χ3v) is 4.34. The van der Waals surface area contributed by atoms with Crippen molar-refractivity contribution < 1.29 is 28.3 Å². The molecule has 0 radical (unpaired) electrons. The van der Waals surface area contributed by atoms with E-state index in [9.17, 15) is 19.2 Å². The summed E-state index contributed by atoms with van der Waals surface area (Å²) >= 11 is 0. The number of aryl methyl sites for hydroxylation is 2. The van der Waals surface area contributed by atoms with Crippen LogP contribution < -0.4 is 16.0 Å². The maximum Gasteiger partial charge on any atom is 0.338 e. The van der Waals surface area contributed by atoms with E-state index in [0.717, 1.165) is 11.1 Å². The predicted octanol–water partition coefficient (Wildman–Crippen LogP) is 3.65. The Morgan fingerprint density at radius 2 is 1.69 bits per heavy atom. The summed E-state index contributed by atoms with van der Waals surface area (Å²) in [5, 5.41) is 7.28. The molecule has 0 aliphatic heterocycles. The first-order chi connectivity index (χ1) is 15.3. The number of rotatable bonds is 6. The maximum absolute atomic E-state index is 12.1. The number of ether oxygens (including phenoxy) is 1. The normalized spacial score (nSPS) is 10.2. The molecule has 0 fully saturated rings. The molecule has 9 nitrogen and oxygen atoms in total. The summed E-state index contributed by atoms with van der Waals surface area (Å²) in [6, 6.07) is 13.7. The van der Waals surface area contributed by atoms with Crippen molar-refractivity contribution in [1.82, 2.24) is 5.32 Å². The quantitative estimate of drug-likeness (QED) is 0.507. The smallest absolute Gasteiger partial charge is 0.338 e. The van der Waals surface area contributed by atoms with Gasteiger partial charge < -0.3 is 19.8 Å². The van der Waals surface area contributed by atoms with Gasteiger partial charge in [-0.05, 0) is 61.9 Å². The van der Waals surface area contributed by atoms with Gasteiger partial charge in [0.15, 0.2) is 12.4 Å². The number of hydrogen-bond acceptors (Lipinski definition) is 6. The van der Waals surface area contributed by atoms with Crippen molar-refractivity contribution in [2.24, 2.45) is 0 Å². The minimum absolute atomic E-state index is 0.154. The molecule has 164 valence electrons. The molecule has 0 spiro atoms. The Labute approximate surface area is 183 Å². The van der Waals surface area contributed by atoms with Crippen molar-refractivity contribution in [2.45, 2.75) is 13.8 Å². The molecule has 9 heteroatoms. The fourth-order valence-corrected chi connectivity index (χ4v) is 2.77. The first-order valence-corrected chi connectivity index (χ1v) is 9.62. The van der Waals surface area contributed by atoms with Crippen LogP contribution in [0.5, 0.6) is 0 Å². The number of furan rings is 1. The van der Waals surface area contributed by atoms with E-state index in [1.165, 1.54) is 36.6 Å². The molecule has 0 aliphatic rings. The molecule has 4 amide bonds. The zero-order chi connectivity index (χ0) is 23.1. The number of anilines is 2. The van der Waals surface area contributed by atoms with Gasteiger partial charge in [-0.3, -0.25) is 14.9 Å². The molecule has 0 aliphatic carbocycles. The third kappa shape index (κ3) is 6.05. The van der Waals surface area contributed by atoms with Gasteiger partial charge in [-0.25, -0.2) is 9.59 Å². The first-order valence-electron chi connectivity index (χ1n) is 9.62. The number of nitrogens with one attached hydrogen (secondary N) is 3. The number of hydrogen-bond donors (Lipinski definition) is 3. The predicted molar refractivity (Wildman–Crippen MR) is 116 cm³/mol. The van der Waals surface area contributed by atoms with Crippen molar-refractivity contribution in [2.75, 3.05) is 17.2 Å². The summed E-state index contributed by atoms with van der Waals surface area (Å²) in [6.45, 7) is 3.13. The number of benzene rings is 2. The monoisotopic (exact) mass is 435 g/mol. The molecule has 0 bridgehead atoms. The number of urea groups is 1. The van der Waals surface area contributed by atoms with E-state index in [4.69, 9.17) is 9.15 Å². The van der Waals surface area contributed by atoms with Crippen LogP contribution in [0.1, 0.15) is 32.0 Å². The van der Waals surface area contributed by atoms with Gasteiger partial charge in [-0.1, -0.05) is 17.7 Å². The van der Waals surface area contributed by atoms with Crippen LogP contribution in [0.4, 0.5) is 16.2 Å². The highest BCUT2D eigenvalue weighted by atomic mass is 16.5. The van der Waals surface area contributed by atoms with Crippen molar-refractivity contribution in [3.8, 4) is 0 Å². The van der Waals surface area contributed by atoms with Crippen LogP contribution in [0, 0.1) is 13.8 Å². The number of esters is 1. The van der Waals surface area contributed by atoms with Crippen molar-refractivity contribution in [3.63, 3.8) is 0 Å². The molecule has 32 heavy (non-hydrogen) atoms. The summed E-state index contributed by atoms with van der Waals surface area (Å²) in [7, 11) is 0. The molecule has 3 aromatic rings. The van der Waals surface area contributed by atoms with E-state index in [2.05, 4.69) is 16.0 Å². The van der Waals surface area contributed by atoms with Crippen molar-refractivity contribution in [3.05, 3.63) is 83.3 Å². The Balaban J connectivity index is 1.45. The molecular formula is C23H21N3O6. The molecule has 1 heterocycles. The Bertz CT molecular complexity index is 1140. The van der Waals surface area contributed by atoms with Gasteiger partial charge in [0.05, 0.1) is 11.8 Å². The SMILES string of the molecule is Cc1ccc(NC(=O)NC(=O)COC(=O)c2ccc(NC(=O)c3ccco3)cc2)c(C)c1. The summed E-state index contributed by atoms with van der Waals surface area (Å²) in [5.41, 5.74) is 3.08. The van der Waals surface area contributed by atoms with E-state index in [0.29, 0.717) is 11.4 Å². The Morgan fingerprint density at radius 1 is 0.938 bits per heavy atom. The summed E-state index contributed by atoms with van der Waals surface area (Å²) in [4.78, 5) is 47.9. The largest absolute Gasteiger partial charge is 0.459 e. The second-order valence-electron chi connectivity index (χ2n) is 6.91. The number of imide groups is 1. The number of carbonyl (C=O) groups excluding carboxylic acids is 4. The molecule has 0 saturated heterocycles. The van der Waals surface area contributed by atoms with Crippen molar-refractivity contribution >= 4 is 35.2 Å². The molecule has 1 aromatic heterocycles. The molecule has 0 atom stereocenters. The van der Waals surface area contributed by atoms with E-state index < -0.39 is 30.4 Å². The molecule has 0 unspecified atom stereocenters. The van der Waals surface area contributed by atoms with E-state index >= 15 is 0 Å². The van der Waals surface area contributed by atoms with Gasteiger partial charge in [-0.2, -0.15) is 0 Å². The van der Waals surface area contributed by atoms with E-state index in [-0.39, 0.29) is 11.3 Å². The minimum Gasteiger partial charge on any atom is -0.459 e. The van der Waals surface area contributed by atoms with Gasteiger partial charge in [-0.15, -0.1) is 0 Å². The third-order valence-electron chi connectivity index (χ3n) is 4.34. The highest BCUT2D eigenvalue weighted by Crippen LogP contribution is 2.16. The Hall–Kier alpha value is -4.40. The van der Waals surface area contributed by atoms with Crippen molar-refractivity contribution in [1.29, 1.82) is 0 Å². The van der Waals surface area contributed by atoms with Gasteiger partial charge in [0, 0.05) is 11.4 Å². The molecular weight excluding hydrogens is 414 g/mol. The van der Waals surface area contributed by atoms with Gasteiger partial charge in [0.1, 0.15) is 0 Å². The molecule has 3 rings (SSSR count). The van der Waals surface area contributed by atoms with Crippen LogP contribution in [-0.4, -0.2) is 30.4 Å². The van der Waals surface area contributed by atoms with Crippen LogP contribution in [0.3, 0.4) is 0 Å². The average molecular weight is 435 g/mol. The second-order valence-corrected chi connectivity index (χ2v) is 6.91. The number of carbonyl (C=O) groups is 4. The highest BCUT2D eigenvalue weighted by Gasteiger charge is 2.14. The van der Waals surface area contributed by atoms with E-state index in [1.807, 2.05) is 26.0 Å². The topological polar surface area (TPSA) is 127 Å². The molecule has 3 N–H and O–H groups in total.